The molecule has 0 atom stereocenters. The molecule has 1 fully saturated rings. The number of carbonyl (C=O) groups excluding carboxylic acids is 3. The Labute approximate surface area is 146 Å². The first-order chi connectivity index (χ1) is 12.0. The van der Waals surface area contributed by atoms with Crippen LogP contribution < -0.4 is 10.2 Å². The summed E-state index contributed by atoms with van der Waals surface area (Å²) in [6.45, 7) is 0. The second-order valence-corrected chi connectivity index (χ2v) is 5.69. The van der Waals surface area contributed by atoms with Gasteiger partial charge < -0.3 is 0 Å². The molecule has 2 heterocycles. The quantitative estimate of drug-likeness (QED) is 0.390. The van der Waals surface area contributed by atoms with E-state index in [9.17, 15) is 18.8 Å². The van der Waals surface area contributed by atoms with E-state index in [-0.39, 0.29) is 11.3 Å². The van der Waals surface area contributed by atoms with E-state index >= 15 is 0 Å². The molecular formula is C16H11FN4O3S. The summed E-state index contributed by atoms with van der Waals surface area (Å²) in [5, 5.41) is 2.56. The highest BCUT2D eigenvalue weighted by Gasteiger charge is 2.37. The Morgan fingerprint density at radius 2 is 1.84 bits per heavy atom. The van der Waals surface area contributed by atoms with Crippen molar-refractivity contribution in [2.75, 3.05) is 11.2 Å². The standard InChI is InChI=1S/C16H11FN4O3S/c1-25-15-18-7-9(8-19-15)6-10-13(22)20-16(24)21(14(10)23)12-5-3-2-4-11(12)17/h2-8H,1H3,(H,20,22,24)/b10-6-. The molecule has 0 radical (unpaired) electrons. The zero-order valence-corrected chi connectivity index (χ0v) is 13.7. The van der Waals surface area contributed by atoms with Crippen LogP contribution in [0.25, 0.3) is 6.08 Å². The van der Waals surface area contributed by atoms with Gasteiger partial charge in [0.2, 0.25) is 0 Å². The molecule has 3 rings (SSSR count). The number of nitrogens with one attached hydrogen (secondary N) is 1. The molecule has 2 aromatic rings. The van der Waals surface area contributed by atoms with Crippen LogP contribution in [0, 0.1) is 5.82 Å². The molecule has 1 aliphatic heterocycles. The van der Waals surface area contributed by atoms with E-state index in [0.29, 0.717) is 15.6 Å². The van der Waals surface area contributed by atoms with E-state index in [0.717, 1.165) is 6.07 Å². The van der Waals surface area contributed by atoms with E-state index in [1.54, 1.807) is 0 Å². The number of barbiturate groups is 1. The van der Waals surface area contributed by atoms with Crippen LogP contribution in [0.2, 0.25) is 0 Å². The number of halogens is 1. The predicted octanol–water partition coefficient (Wildman–Crippen LogP) is 2.00. The molecular weight excluding hydrogens is 347 g/mol. The van der Waals surface area contributed by atoms with Gasteiger partial charge in [0.15, 0.2) is 5.16 Å². The van der Waals surface area contributed by atoms with Crippen LogP contribution in [0.15, 0.2) is 47.4 Å². The van der Waals surface area contributed by atoms with Crippen LogP contribution in [0.5, 0.6) is 0 Å². The number of nitrogens with zero attached hydrogens (tertiary/aromatic N) is 3. The monoisotopic (exact) mass is 358 g/mol. The molecule has 126 valence electrons. The van der Waals surface area contributed by atoms with E-state index in [4.69, 9.17) is 0 Å². The van der Waals surface area contributed by atoms with Crippen molar-refractivity contribution in [3.8, 4) is 0 Å². The lowest BCUT2D eigenvalue weighted by molar-refractivity contribution is -0.122. The summed E-state index contributed by atoms with van der Waals surface area (Å²) in [7, 11) is 0. The molecule has 0 saturated carbocycles. The Kier molecular flexibility index (Phi) is 4.57. The number of para-hydroxylation sites is 1. The third-order valence-corrected chi connectivity index (χ3v) is 3.91. The van der Waals surface area contributed by atoms with Crippen LogP contribution in [-0.4, -0.2) is 34.1 Å². The zero-order chi connectivity index (χ0) is 18.0. The molecule has 1 aromatic heterocycles. The Bertz CT molecular complexity index is 899. The van der Waals surface area contributed by atoms with Crippen molar-refractivity contribution >= 4 is 41.4 Å². The molecule has 1 aromatic carbocycles. The highest BCUT2D eigenvalue weighted by molar-refractivity contribution is 7.98. The minimum absolute atomic E-state index is 0.239. The lowest BCUT2D eigenvalue weighted by atomic mass is 10.1. The maximum atomic E-state index is 14.0. The fourth-order valence-electron chi connectivity index (χ4n) is 2.18. The number of thioether (sulfide) groups is 1. The SMILES string of the molecule is CSc1ncc(/C=C2/C(=O)NC(=O)N(c3ccccc3F)C2=O)cn1. The summed E-state index contributed by atoms with van der Waals surface area (Å²) in [4.78, 5) is 45.3. The van der Waals surface area contributed by atoms with Gasteiger partial charge >= 0.3 is 6.03 Å². The maximum absolute atomic E-state index is 14.0. The normalized spacial score (nSPS) is 16.3. The summed E-state index contributed by atoms with van der Waals surface area (Å²) < 4.78 is 14.0. The predicted molar refractivity (Wildman–Crippen MR) is 89.2 cm³/mol. The van der Waals surface area contributed by atoms with Crippen molar-refractivity contribution in [2.24, 2.45) is 0 Å². The summed E-state index contributed by atoms with van der Waals surface area (Å²) >= 11 is 1.34. The van der Waals surface area contributed by atoms with Crippen molar-refractivity contribution in [1.29, 1.82) is 0 Å². The highest BCUT2D eigenvalue weighted by atomic mass is 32.2. The molecule has 0 spiro atoms. The molecule has 1 saturated heterocycles. The molecule has 1 N–H and O–H groups in total. The number of carbonyl (C=O) groups is 3. The molecule has 25 heavy (non-hydrogen) atoms. The number of hydrogen-bond acceptors (Lipinski definition) is 6. The molecule has 0 unspecified atom stereocenters. The fraction of sp³-hybridized carbons (Fsp3) is 0.0625. The van der Waals surface area contributed by atoms with Crippen molar-refractivity contribution in [1.82, 2.24) is 15.3 Å². The largest absolute Gasteiger partial charge is 0.336 e. The smallest absolute Gasteiger partial charge is 0.273 e. The number of benzene rings is 1. The zero-order valence-electron chi connectivity index (χ0n) is 12.9. The van der Waals surface area contributed by atoms with Gasteiger partial charge in [-0.05, 0) is 24.5 Å². The fourth-order valence-corrected chi connectivity index (χ4v) is 2.50. The van der Waals surface area contributed by atoms with Crippen molar-refractivity contribution in [2.45, 2.75) is 5.16 Å². The number of hydrogen-bond donors (Lipinski definition) is 1. The number of aromatic nitrogens is 2. The maximum Gasteiger partial charge on any atom is 0.336 e. The topological polar surface area (TPSA) is 92.3 Å². The van der Waals surface area contributed by atoms with Crippen LogP contribution >= 0.6 is 11.8 Å². The van der Waals surface area contributed by atoms with Gasteiger partial charge in [-0.1, -0.05) is 23.9 Å². The molecule has 0 aliphatic carbocycles. The average Bonchev–Trinajstić information content (AvgIpc) is 2.60. The number of urea groups is 1. The Morgan fingerprint density at radius 1 is 1.16 bits per heavy atom. The third-order valence-electron chi connectivity index (χ3n) is 3.34. The number of imide groups is 2. The Morgan fingerprint density at radius 3 is 2.48 bits per heavy atom. The summed E-state index contributed by atoms with van der Waals surface area (Å²) in [5.74, 6) is -2.54. The summed E-state index contributed by atoms with van der Waals surface area (Å²) in [6.07, 6.45) is 5.94. The molecule has 7 nitrogen and oxygen atoms in total. The summed E-state index contributed by atoms with van der Waals surface area (Å²) in [5.41, 5.74) is -0.153. The molecule has 9 heteroatoms. The first kappa shape index (κ1) is 16.8. The van der Waals surface area contributed by atoms with Gasteiger partial charge in [-0.15, -0.1) is 0 Å². The van der Waals surface area contributed by atoms with Crippen molar-refractivity contribution in [3.63, 3.8) is 0 Å². The first-order valence-corrected chi connectivity index (χ1v) is 8.25. The van der Waals surface area contributed by atoms with Gasteiger partial charge in [-0.2, -0.15) is 0 Å². The van der Waals surface area contributed by atoms with Crippen molar-refractivity contribution in [3.05, 3.63) is 53.6 Å². The lowest BCUT2D eigenvalue weighted by Gasteiger charge is -2.26. The van der Waals surface area contributed by atoms with Crippen molar-refractivity contribution < 1.29 is 18.8 Å². The third kappa shape index (κ3) is 3.26. The average molecular weight is 358 g/mol. The number of anilines is 1. The van der Waals surface area contributed by atoms with Gasteiger partial charge in [0.25, 0.3) is 11.8 Å². The van der Waals surface area contributed by atoms with Gasteiger partial charge in [0.1, 0.15) is 11.4 Å². The second kappa shape index (κ2) is 6.81. The van der Waals surface area contributed by atoms with Gasteiger partial charge in [-0.3, -0.25) is 14.9 Å². The summed E-state index contributed by atoms with van der Waals surface area (Å²) in [6, 6.07) is 4.29. The van der Waals surface area contributed by atoms with Gasteiger partial charge in [-0.25, -0.2) is 24.1 Å². The molecule has 4 amide bonds. The van der Waals surface area contributed by atoms with E-state index in [1.807, 2.05) is 11.6 Å². The number of rotatable bonds is 3. The number of amides is 4. The Hall–Kier alpha value is -3.07. The van der Waals surface area contributed by atoms with E-state index in [2.05, 4.69) is 9.97 Å². The first-order valence-electron chi connectivity index (χ1n) is 7.03. The highest BCUT2D eigenvalue weighted by Crippen LogP contribution is 2.24. The van der Waals surface area contributed by atoms with Gasteiger partial charge in [0, 0.05) is 18.0 Å². The second-order valence-electron chi connectivity index (χ2n) is 4.91. The van der Waals surface area contributed by atoms with Crippen LogP contribution in [-0.2, 0) is 9.59 Å². The molecule has 0 bridgehead atoms. The van der Waals surface area contributed by atoms with E-state index < -0.39 is 23.7 Å². The minimum atomic E-state index is -1.01. The lowest BCUT2D eigenvalue weighted by Crippen LogP contribution is -2.54. The minimum Gasteiger partial charge on any atom is -0.273 e. The molecule has 1 aliphatic rings. The van der Waals surface area contributed by atoms with Crippen LogP contribution in [0.3, 0.4) is 0 Å². The van der Waals surface area contributed by atoms with Crippen LogP contribution in [0.4, 0.5) is 14.9 Å². The van der Waals surface area contributed by atoms with E-state index in [1.165, 1.54) is 48.4 Å². The van der Waals surface area contributed by atoms with Crippen LogP contribution in [0.1, 0.15) is 5.56 Å². The Balaban J connectivity index is 2.00. The van der Waals surface area contributed by atoms with Gasteiger partial charge in [0.05, 0.1) is 5.69 Å².